The van der Waals surface area contributed by atoms with E-state index in [0.717, 1.165) is 44.1 Å². The molecule has 1 aromatic carbocycles. The second-order valence-electron chi connectivity index (χ2n) is 4.71. The highest BCUT2D eigenvalue weighted by Crippen LogP contribution is 2.30. The lowest BCUT2D eigenvalue weighted by Gasteiger charge is -2.12. The second kappa shape index (κ2) is 7.31. The van der Waals surface area contributed by atoms with Crippen LogP contribution in [0.25, 0.3) is 0 Å². The van der Waals surface area contributed by atoms with Gasteiger partial charge in [-0.1, -0.05) is 44.7 Å². The van der Waals surface area contributed by atoms with Crippen LogP contribution in [0.15, 0.2) is 24.3 Å². The first-order valence-corrected chi connectivity index (χ1v) is 6.61. The van der Waals surface area contributed by atoms with Crippen molar-refractivity contribution in [2.75, 3.05) is 0 Å². The predicted molar refractivity (Wildman–Crippen MR) is 69.0 cm³/mol. The molecule has 19 heavy (non-hydrogen) atoms. The van der Waals surface area contributed by atoms with Crippen LogP contribution in [0.5, 0.6) is 0 Å². The van der Waals surface area contributed by atoms with E-state index in [1.807, 2.05) is 0 Å². The van der Waals surface area contributed by atoms with Crippen LogP contribution in [0.2, 0.25) is 0 Å². The zero-order chi connectivity index (χ0) is 14.3. The van der Waals surface area contributed by atoms with Crippen LogP contribution >= 0.6 is 0 Å². The lowest BCUT2D eigenvalue weighted by atomic mass is 9.93. The van der Waals surface area contributed by atoms with Crippen molar-refractivity contribution < 1.29 is 18.0 Å². The van der Waals surface area contributed by atoms with E-state index in [0.29, 0.717) is 12.0 Å². The Labute approximate surface area is 111 Å². The molecule has 0 radical (unpaired) electrons. The molecule has 0 spiro atoms. The SMILES string of the molecule is CCCCCC[C@H](C=O)c1ccc(C(F)(F)F)cc1. The lowest BCUT2D eigenvalue weighted by molar-refractivity contribution is -0.137. The molecule has 106 valence electrons. The fraction of sp³-hybridized carbons (Fsp3) is 0.533. The number of unbranched alkanes of at least 4 members (excludes halogenated alkanes) is 3. The molecule has 1 nitrogen and oxygen atoms in total. The summed E-state index contributed by atoms with van der Waals surface area (Å²) in [6.07, 6.45) is 1.43. The summed E-state index contributed by atoms with van der Waals surface area (Å²) in [6.45, 7) is 2.10. The van der Waals surface area contributed by atoms with Gasteiger partial charge in [0.1, 0.15) is 6.29 Å². The summed E-state index contributed by atoms with van der Waals surface area (Å²) in [5.41, 5.74) is -0.00798. The van der Waals surface area contributed by atoms with Gasteiger partial charge in [-0.15, -0.1) is 0 Å². The van der Waals surface area contributed by atoms with Gasteiger partial charge in [-0.3, -0.25) is 0 Å². The van der Waals surface area contributed by atoms with Crippen molar-refractivity contribution in [3.05, 3.63) is 35.4 Å². The largest absolute Gasteiger partial charge is 0.416 e. The van der Waals surface area contributed by atoms with Gasteiger partial charge >= 0.3 is 6.18 Å². The van der Waals surface area contributed by atoms with E-state index >= 15 is 0 Å². The third-order valence-electron chi connectivity index (χ3n) is 3.20. The van der Waals surface area contributed by atoms with E-state index in [-0.39, 0.29) is 5.92 Å². The van der Waals surface area contributed by atoms with Gasteiger partial charge in [0.2, 0.25) is 0 Å². The Balaban J connectivity index is 2.64. The van der Waals surface area contributed by atoms with Gasteiger partial charge in [-0.2, -0.15) is 13.2 Å². The number of hydrogen-bond acceptors (Lipinski definition) is 1. The number of rotatable bonds is 7. The summed E-state index contributed by atoms with van der Waals surface area (Å²) in [5.74, 6) is -0.292. The minimum Gasteiger partial charge on any atom is -0.303 e. The van der Waals surface area contributed by atoms with Crippen molar-refractivity contribution in [3.8, 4) is 0 Å². The first-order chi connectivity index (χ1) is 8.99. The molecular formula is C15H19F3O. The zero-order valence-electron chi connectivity index (χ0n) is 11.0. The van der Waals surface area contributed by atoms with Crippen LogP contribution in [0.3, 0.4) is 0 Å². The van der Waals surface area contributed by atoms with Gasteiger partial charge in [0, 0.05) is 5.92 Å². The number of hydrogen-bond donors (Lipinski definition) is 0. The molecule has 0 saturated carbocycles. The summed E-state index contributed by atoms with van der Waals surface area (Å²) in [6, 6.07) is 4.89. The lowest BCUT2D eigenvalue weighted by Crippen LogP contribution is -2.06. The second-order valence-corrected chi connectivity index (χ2v) is 4.71. The van der Waals surface area contributed by atoms with Crippen LogP contribution < -0.4 is 0 Å². The standard InChI is InChI=1S/C15H19F3O/c1-2-3-4-5-6-13(11-19)12-7-9-14(10-8-12)15(16,17)18/h7-11,13H,2-6H2,1H3/t13-/m1/s1. The molecule has 1 rings (SSSR count). The smallest absolute Gasteiger partial charge is 0.303 e. The molecular weight excluding hydrogens is 253 g/mol. The van der Waals surface area contributed by atoms with Gasteiger partial charge in [0.15, 0.2) is 0 Å². The number of halogens is 3. The van der Waals surface area contributed by atoms with E-state index < -0.39 is 11.7 Å². The Hall–Kier alpha value is -1.32. The monoisotopic (exact) mass is 272 g/mol. The molecule has 0 N–H and O–H groups in total. The molecule has 0 aliphatic rings. The average Bonchev–Trinajstić information content (AvgIpc) is 2.38. The Morgan fingerprint density at radius 2 is 1.74 bits per heavy atom. The summed E-state index contributed by atoms with van der Waals surface area (Å²) < 4.78 is 37.3. The average molecular weight is 272 g/mol. The maximum absolute atomic E-state index is 12.4. The van der Waals surface area contributed by atoms with Crippen molar-refractivity contribution in [2.24, 2.45) is 0 Å². The molecule has 0 bridgehead atoms. The Morgan fingerprint density at radius 1 is 1.11 bits per heavy atom. The van der Waals surface area contributed by atoms with E-state index in [9.17, 15) is 18.0 Å². The molecule has 0 amide bonds. The summed E-state index contributed by atoms with van der Waals surface area (Å²) in [5, 5.41) is 0. The Kier molecular flexibility index (Phi) is 6.06. The minimum absolute atomic E-state index is 0.292. The van der Waals surface area contributed by atoms with Crippen LogP contribution in [-0.4, -0.2) is 6.29 Å². The summed E-state index contributed by atoms with van der Waals surface area (Å²) >= 11 is 0. The first-order valence-electron chi connectivity index (χ1n) is 6.61. The van der Waals surface area contributed by atoms with E-state index in [1.54, 1.807) is 0 Å². The van der Waals surface area contributed by atoms with Crippen LogP contribution in [0.4, 0.5) is 13.2 Å². The van der Waals surface area contributed by atoms with Crippen molar-refractivity contribution in [1.29, 1.82) is 0 Å². The molecule has 0 unspecified atom stereocenters. The number of benzene rings is 1. The third-order valence-corrected chi connectivity index (χ3v) is 3.20. The van der Waals surface area contributed by atoms with E-state index in [4.69, 9.17) is 0 Å². The van der Waals surface area contributed by atoms with Crippen molar-refractivity contribution in [1.82, 2.24) is 0 Å². The van der Waals surface area contributed by atoms with Crippen LogP contribution in [-0.2, 0) is 11.0 Å². The topological polar surface area (TPSA) is 17.1 Å². The van der Waals surface area contributed by atoms with Gasteiger partial charge in [-0.05, 0) is 24.1 Å². The highest BCUT2D eigenvalue weighted by Gasteiger charge is 2.30. The normalized spacial score (nSPS) is 13.3. The fourth-order valence-electron chi connectivity index (χ4n) is 2.02. The molecule has 0 aliphatic heterocycles. The maximum Gasteiger partial charge on any atom is 0.416 e. The van der Waals surface area contributed by atoms with Crippen LogP contribution in [0.1, 0.15) is 56.1 Å². The van der Waals surface area contributed by atoms with E-state index in [1.165, 1.54) is 12.1 Å². The molecule has 0 heterocycles. The molecule has 1 aromatic rings. The van der Waals surface area contributed by atoms with Crippen molar-refractivity contribution >= 4 is 6.29 Å². The number of carbonyl (C=O) groups excluding carboxylic acids is 1. The maximum atomic E-state index is 12.4. The predicted octanol–water partition coefficient (Wildman–Crippen LogP) is 4.96. The highest BCUT2D eigenvalue weighted by atomic mass is 19.4. The molecule has 0 aliphatic carbocycles. The minimum atomic E-state index is -4.32. The number of alkyl halides is 3. The van der Waals surface area contributed by atoms with Crippen LogP contribution in [0, 0.1) is 0 Å². The zero-order valence-corrected chi connectivity index (χ0v) is 11.0. The van der Waals surface area contributed by atoms with E-state index in [2.05, 4.69) is 6.92 Å². The number of carbonyl (C=O) groups is 1. The summed E-state index contributed by atoms with van der Waals surface area (Å²) in [4.78, 5) is 11.0. The Bertz CT molecular complexity index is 381. The quantitative estimate of drug-likeness (QED) is 0.506. The highest BCUT2D eigenvalue weighted by molar-refractivity contribution is 5.62. The van der Waals surface area contributed by atoms with Crippen molar-refractivity contribution in [3.63, 3.8) is 0 Å². The number of aldehydes is 1. The summed E-state index contributed by atoms with van der Waals surface area (Å²) in [7, 11) is 0. The van der Waals surface area contributed by atoms with Gasteiger partial charge in [0.25, 0.3) is 0 Å². The first kappa shape index (κ1) is 15.7. The van der Waals surface area contributed by atoms with Crippen molar-refractivity contribution in [2.45, 2.75) is 51.1 Å². The fourth-order valence-corrected chi connectivity index (χ4v) is 2.02. The molecule has 1 atom stereocenters. The van der Waals surface area contributed by atoms with Gasteiger partial charge < -0.3 is 4.79 Å². The third kappa shape index (κ3) is 5.05. The molecule has 0 saturated heterocycles. The Morgan fingerprint density at radius 3 is 2.21 bits per heavy atom. The molecule has 0 fully saturated rings. The van der Waals surface area contributed by atoms with Gasteiger partial charge in [-0.25, -0.2) is 0 Å². The molecule has 4 heteroatoms. The molecule has 0 aromatic heterocycles. The van der Waals surface area contributed by atoms with Gasteiger partial charge in [0.05, 0.1) is 5.56 Å².